The predicted octanol–water partition coefficient (Wildman–Crippen LogP) is 3.27. The summed E-state index contributed by atoms with van der Waals surface area (Å²) >= 11 is 2.19. The van der Waals surface area contributed by atoms with Gasteiger partial charge in [-0.05, 0) is 57.2 Å². The third-order valence-electron chi connectivity index (χ3n) is 5.27. The number of piperidine rings is 2. The van der Waals surface area contributed by atoms with Crippen molar-refractivity contribution < 1.29 is 0 Å². The van der Waals surface area contributed by atoms with Gasteiger partial charge >= 0.3 is 0 Å². The van der Waals surface area contributed by atoms with E-state index in [2.05, 4.69) is 28.9 Å². The second kappa shape index (κ2) is 6.82. The van der Waals surface area contributed by atoms with Gasteiger partial charge in [-0.1, -0.05) is 13.3 Å². The summed E-state index contributed by atoms with van der Waals surface area (Å²) in [6.07, 6.45) is 11.4. The molecule has 0 aromatic carbocycles. The second-order valence-electron chi connectivity index (χ2n) is 6.68. The number of rotatable bonds is 4. The molecule has 2 bridgehead atoms. The fourth-order valence-electron chi connectivity index (χ4n) is 4.49. The standard InChI is InChI=1S/C16H30N2S/c1-2-8-17-13-10-14-5-3-6-15(11-13)18(14)16-7-4-9-19-12-16/h13-17H,2-12H2,1H3. The van der Waals surface area contributed by atoms with Crippen LogP contribution in [-0.4, -0.2) is 47.1 Å². The molecule has 2 nitrogen and oxygen atoms in total. The molecule has 0 aromatic heterocycles. The highest BCUT2D eigenvalue weighted by molar-refractivity contribution is 7.99. The first-order valence-electron chi connectivity index (χ1n) is 8.47. The van der Waals surface area contributed by atoms with Gasteiger partial charge in [0.1, 0.15) is 0 Å². The van der Waals surface area contributed by atoms with Crippen LogP contribution in [0.1, 0.15) is 58.3 Å². The number of hydrogen-bond acceptors (Lipinski definition) is 3. The summed E-state index contributed by atoms with van der Waals surface area (Å²) in [5.41, 5.74) is 0. The first-order chi connectivity index (χ1) is 9.38. The summed E-state index contributed by atoms with van der Waals surface area (Å²) in [7, 11) is 0. The molecule has 0 saturated carbocycles. The van der Waals surface area contributed by atoms with Gasteiger partial charge in [0.25, 0.3) is 0 Å². The van der Waals surface area contributed by atoms with Crippen LogP contribution >= 0.6 is 11.8 Å². The number of thioether (sulfide) groups is 1. The van der Waals surface area contributed by atoms with E-state index < -0.39 is 0 Å². The molecule has 1 N–H and O–H groups in total. The van der Waals surface area contributed by atoms with Crippen LogP contribution in [-0.2, 0) is 0 Å². The molecular weight excluding hydrogens is 252 g/mol. The number of nitrogens with one attached hydrogen (secondary N) is 1. The molecule has 3 aliphatic heterocycles. The fourth-order valence-corrected chi connectivity index (χ4v) is 5.64. The Morgan fingerprint density at radius 1 is 1.05 bits per heavy atom. The van der Waals surface area contributed by atoms with Crippen LogP contribution in [0, 0.1) is 0 Å². The molecule has 3 fully saturated rings. The quantitative estimate of drug-likeness (QED) is 0.852. The SMILES string of the molecule is CCCNC1CC2CCCC(C1)N2C1CCCSC1. The van der Waals surface area contributed by atoms with E-state index in [0.717, 1.165) is 24.2 Å². The van der Waals surface area contributed by atoms with E-state index in [9.17, 15) is 0 Å². The van der Waals surface area contributed by atoms with E-state index in [0.29, 0.717) is 0 Å². The highest BCUT2D eigenvalue weighted by atomic mass is 32.2. The van der Waals surface area contributed by atoms with Gasteiger partial charge in [0.2, 0.25) is 0 Å². The Morgan fingerprint density at radius 3 is 2.42 bits per heavy atom. The highest BCUT2D eigenvalue weighted by Gasteiger charge is 2.41. The molecule has 3 unspecified atom stereocenters. The highest BCUT2D eigenvalue weighted by Crippen LogP contribution is 2.38. The van der Waals surface area contributed by atoms with Gasteiger partial charge in [-0.3, -0.25) is 4.90 Å². The second-order valence-corrected chi connectivity index (χ2v) is 7.83. The summed E-state index contributed by atoms with van der Waals surface area (Å²) in [6, 6.07) is 3.50. The molecule has 110 valence electrons. The monoisotopic (exact) mass is 282 g/mol. The van der Waals surface area contributed by atoms with Crippen molar-refractivity contribution in [3.63, 3.8) is 0 Å². The lowest BCUT2D eigenvalue weighted by Gasteiger charge is -2.53. The maximum Gasteiger partial charge on any atom is 0.0192 e. The zero-order chi connectivity index (χ0) is 13.1. The van der Waals surface area contributed by atoms with Crippen LogP contribution in [0.3, 0.4) is 0 Å². The zero-order valence-electron chi connectivity index (χ0n) is 12.4. The lowest BCUT2D eigenvalue weighted by atomic mass is 9.80. The van der Waals surface area contributed by atoms with Crippen molar-refractivity contribution >= 4 is 11.8 Å². The Labute approximate surface area is 123 Å². The van der Waals surface area contributed by atoms with Crippen molar-refractivity contribution in [3.8, 4) is 0 Å². The summed E-state index contributed by atoms with van der Waals surface area (Å²) < 4.78 is 0. The van der Waals surface area contributed by atoms with E-state index in [1.54, 1.807) is 0 Å². The van der Waals surface area contributed by atoms with Crippen molar-refractivity contribution in [1.29, 1.82) is 0 Å². The number of fused-ring (bicyclic) bond motifs is 2. The first kappa shape index (κ1) is 14.2. The average molecular weight is 282 g/mol. The summed E-state index contributed by atoms with van der Waals surface area (Å²) in [5, 5.41) is 3.79. The van der Waals surface area contributed by atoms with Gasteiger partial charge in [0.05, 0.1) is 0 Å². The molecule has 3 aliphatic rings. The molecule has 0 spiro atoms. The van der Waals surface area contributed by atoms with E-state index >= 15 is 0 Å². The van der Waals surface area contributed by atoms with Gasteiger partial charge < -0.3 is 5.32 Å². The third-order valence-corrected chi connectivity index (χ3v) is 6.47. The molecule has 0 radical (unpaired) electrons. The lowest BCUT2D eigenvalue weighted by Crippen LogP contribution is -2.60. The van der Waals surface area contributed by atoms with E-state index in [-0.39, 0.29) is 0 Å². The first-order valence-corrected chi connectivity index (χ1v) is 9.62. The Hall–Kier alpha value is 0.270. The maximum atomic E-state index is 3.79. The van der Waals surface area contributed by atoms with Crippen molar-refractivity contribution in [2.45, 2.75) is 82.5 Å². The van der Waals surface area contributed by atoms with Crippen LogP contribution in [0.4, 0.5) is 0 Å². The normalized spacial score (nSPS) is 40.3. The fraction of sp³-hybridized carbons (Fsp3) is 1.00. The summed E-state index contributed by atoms with van der Waals surface area (Å²) in [5.74, 6) is 2.81. The van der Waals surface area contributed by atoms with Crippen molar-refractivity contribution in [3.05, 3.63) is 0 Å². The molecule has 0 amide bonds. The minimum absolute atomic E-state index is 0.808. The maximum absolute atomic E-state index is 3.79. The minimum Gasteiger partial charge on any atom is -0.314 e. The minimum atomic E-state index is 0.808. The third kappa shape index (κ3) is 3.30. The Balaban J connectivity index is 1.62. The predicted molar refractivity (Wildman–Crippen MR) is 84.9 cm³/mol. The van der Waals surface area contributed by atoms with Gasteiger partial charge in [0, 0.05) is 29.9 Å². The largest absolute Gasteiger partial charge is 0.314 e. The molecule has 3 heterocycles. The summed E-state index contributed by atoms with van der Waals surface area (Å²) in [4.78, 5) is 2.97. The van der Waals surface area contributed by atoms with Gasteiger partial charge in [-0.25, -0.2) is 0 Å². The molecule has 3 heteroatoms. The van der Waals surface area contributed by atoms with Crippen LogP contribution in [0.25, 0.3) is 0 Å². The van der Waals surface area contributed by atoms with Crippen molar-refractivity contribution in [2.24, 2.45) is 0 Å². The molecule has 3 saturated heterocycles. The number of nitrogens with zero attached hydrogens (tertiary/aromatic N) is 1. The Kier molecular flexibility index (Phi) is 5.10. The van der Waals surface area contributed by atoms with E-state index in [1.165, 1.54) is 69.4 Å². The van der Waals surface area contributed by atoms with Gasteiger partial charge in [-0.2, -0.15) is 11.8 Å². The summed E-state index contributed by atoms with van der Waals surface area (Å²) in [6.45, 7) is 3.49. The molecule has 3 rings (SSSR count). The van der Waals surface area contributed by atoms with Gasteiger partial charge in [0.15, 0.2) is 0 Å². The molecule has 0 aliphatic carbocycles. The Bertz CT molecular complexity index is 264. The molecule has 0 aromatic rings. The Morgan fingerprint density at radius 2 is 1.79 bits per heavy atom. The van der Waals surface area contributed by atoms with E-state index in [1.807, 2.05) is 0 Å². The smallest absolute Gasteiger partial charge is 0.0192 e. The topological polar surface area (TPSA) is 15.3 Å². The molecule has 19 heavy (non-hydrogen) atoms. The van der Waals surface area contributed by atoms with Crippen LogP contribution < -0.4 is 5.32 Å². The van der Waals surface area contributed by atoms with Crippen LogP contribution in [0.2, 0.25) is 0 Å². The number of hydrogen-bond donors (Lipinski definition) is 1. The van der Waals surface area contributed by atoms with Crippen LogP contribution in [0.5, 0.6) is 0 Å². The average Bonchev–Trinajstić information content (AvgIpc) is 2.45. The lowest BCUT2D eigenvalue weighted by molar-refractivity contribution is -0.00704. The zero-order valence-corrected chi connectivity index (χ0v) is 13.3. The van der Waals surface area contributed by atoms with Crippen molar-refractivity contribution in [1.82, 2.24) is 10.2 Å². The van der Waals surface area contributed by atoms with Crippen LogP contribution in [0.15, 0.2) is 0 Å². The van der Waals surface area contributed by atoms with E-state index in [4.69, 9.17) is 0 Å². The molecule has 3 atom stereocenters. The van der Waals surface area contributed by atoms with Crippen molar-refractivity contribution in [2.75, 3.05) is 18.1 Å². The van der Waals surface area contributed by atoms with Gasteiger partial charge in [-0.15, -0.1) is 0 Å². The molecular formula is C16H30N2S.